The van der Waals surface area contributed by atoms with Crippen molar-refractivity contribution >= 4 is 12.1 Å². The third-order valence-electron chi connectivity index (χ3n) is 2.45. The minimum Gasteiger partial charge on any atom is -0.480 e. The molecule has 0 bridgehead atoms. The first kappa shape index (κ1) is 8.34. The quantitative estimate of drug-likeness (QED) is 0.686. The largest absolute Gasteiger partial charge is 0.480 e. The van der Waals surface area contributed by atoms with Gasteiger partial charge in [-0.3, -0.25) is 4.90 Å². The molecule has 13 heavy (non-hydrogen) atoms. The van der Waals surface area contributed by atoms with E-state index in [9.17, 15) is 9.59 Å². The van der Waals surface area contributed by atoms with Crippen LogP contribution < -0.4 is 0 Å². The van der Waals surface area contributed by atoms with Crippen LogP contribution in [0.2, 0.25) is 0 Å². The van der Waals surface area contributed by atoms with E-state index in [2.05, 4.69) is 0 Å². The topological polar surface area (TPSA) is 66.8 Å². The van der Waals surface area contributed by atoms with Crippen molar-refractivity contribution in [2.75, 3.05) is 13.2 Å². The number of carbonyl (C=O) groups is 2. The number of rotatable bonds is 3. The van der Waals surface area contributed by atoms with Crippen LogP contribution in [0.15, 0.2) is 0 Å². The number of hydrogen-bond acceptors (Lipinski definition) is 3. The predicted octanol–water partition coefficient (Wildman–Crippen LogP) is 0.302. The van der Waals surface area contributed by atoms with Crippen molar-refractivity contribution in [3.05, 3.63) is 0 Å². The van der Waals surface area contributed by atoms with Gasteiger partial charge in [0.1, 0.15) is 12.6 Å². The Labute approximate surface area is 75.3 Å². The van der Waals surface area contributed by atoms with E-state index >= 15 is 0 Å². The molecule has 1 amide bonds. The highest BCUT2D eigenvalue weighted by molar-refractivity contribution is 5.81. The summed E-state index contributed by atoms with van der Waals surface area (Å²) in [4.78, 5) is 23.3. The van der Waals surface area contributed by atoms with Gasteiger partial charge in [-0.1, -0.05) is 0 Å². The Bertz CT molecular complexity index is 249. The molecule has 2 aliphatic rings. The first-order chi connectivity index (χ1) is 6.20. The summed E-state index contributed by atoms with van der Waals surface area (Å²) in [7, 11) is 0. The lowest BCUT2D eigenvalue weighted by Gasteiger charge is -2.20. The van der Waals surface area contributed by atoms with Crippen molar-refractivity contribution in [3.63, 3.8) is 0 Å². The van der Waals surface area contributed by atoms with Gasteiger partial charge in [-0.25, -0.2) is 9.59 Å². The lowest BCUT2D eigenvalue weighted by molar-refractivity contribution is -0.142. The Balaban J connectivity index is 2.09. The maximum absolute atomic E-state index is 11.1. The molecule has 1 N–H and O–H groups in total. The van der Waals surface area contributed by atoms with Gasteiger partial charge in [0.2, 0.25) is 0 Å². The van der Waals surface area contributed by atoms with E-state index in [1.54, 1.807) is 0 Å². The first-order valence-electron chi connectivity index (χ1n) is 4.36. The number of hydrogen-bond donors (Lipinski definition) is 1. The number of carboxylic acids is 1. The number of carboxylic acid groups (broad SMARTS) is 1. The van der Waals surface area contributed by atoms with Crippen LogP contribution in [0.4, 0.5) is 4.79 Å². The molecule has 1 aliphatic carbocycles. The van der Waals surface area contributed by atoms with E-state index < -0.39 is 18.1 Å². The summed E-state index contributed by atoms with van der Waals surface area (Å²) >= 11 is 0. The maximum atomic E-state index is 11.1. The molecule has 5 nitrogen and oxygen atoms in total. The highest BCUT2D eigenvalue weighted by Gasteiger charge is 2.44. The molecule has 5 heteroatoms. The zero-order valence-corrected chi connectivity index (χ0v) is 7.10. The molecule has 1 saturated heterocycles. The monoisotopic (exact) mass is 185 g/mol. The fraction of sp³-hybridized carbons (Fsp3) is 0.750. The van der Waals surface area contributed by atoms with Crippen LogP contribution in [0, 0.1) is 5.92 Å². The van der Waals surface area contributed by atoms with Crippen LogP contribution in [0.1, 0.15) is 12.8 Å². The van der Waals surface area contributed by atoms with Crippen LogP contribution in [0.5, 0.6) is 0 Å². The third kappa shape index (κ3) is 1.46. The summed E-state index contributed by atoms with van der Waals surface area (Å²) in [5.74, 6) is -0.774. The maximum Gasteiger partial charge on any atom is 0.410 e. The van der Waals surface area contributed by atoms with Gasteiger partial charge in [-0.2, -0.15) is 0 Å². The van der Waals surface area contributed by atoms with Crippen LogP contribution in [-0.4, -0.2) is 41.3 Å². The summed E-state index contributed by atoms with van der Waals surface area (Å²) in [5.41, 5.74) is 0. The molecule has 2 rings (SSSR count). The Morgan fingerprint density at radius 3 is 2.69 bits per heavy atom. The van der Waals surface area contributed by atoms with E-state index in [1.807, 2.05) is 0 Å². The minimum atomic E-state index is -0.915. The van der Waals surface area contributed by atoms with Gasteiger partial charge in [0.25, 0.3) is 0 Å². The van der Waals surface area contributed by atoms with E-state index in [0.717, 1.165) is 12.8 Å². The number of cyclic esters (lactones) is 1. The molecule has 0 aromatic rings. The SMILES string of the molecule is O=C(O)C(C1CC1)N1CCOC1=O. The molecule has 0 aromatic carbocycles. The Morgan fingerprint density at radius 1 is 1.62 bits per heavy atom. The number of carbonyl (C=O) groups excluding carboxylic acids is 1. The van der Waals surface area contributed by atoms with Gasteiger partial charge in [-0.05, 0) is 18.8 Å². The summed E-state index contributed by atoms with van der Waals surface area (Å²) in [5, 5.41) is 8.91. The van der Waals surface area contributed by atoms with Crippen molar-refractivity contribution in [3.8, 4) is 0 Å². The van der Waals surface area contributed by atoms with Gasteiger partial charge >= 0.3 is 12.1 Å². The van der Waals surface area contributed by atoms with Gasteiger partial charge < -0.3 is 9.84 Å². The molecule has 1 aliphatic heterocycles. The Morgan fingerprint density at radius 2 is 2.31 bits per heavy atom. The summed E-state index contributed by atoms with van der Waals surface area (Å²) in [6, 6.07) is -0.657. The number of aliphatic carboxylic acids is 1. The van der Waals surface area contributed by atoms with Crippen LogP contribution in [0.25, 0.3) is 0 Å². The molecule has 1 atom stereocenters. The molecule has 1 heterocycles. The lowest BCUT2D eigenvalue weighted by atomic mass is 10.1. The second kappa shape index (κ2) is 2.90. The molecule has 0 spiro atoms. The molecular formula is C8H11NO4. The highest BCUT2D eigenvalue weighted by Crippen LogP contribution is 2.36. The molecule has 0 aromatic heterocycles. The van der Waals surface area contributed by atoms with Crippen molar-refractivity contribution in [1.82, 2.24) is 4.90 Å². The van der Waals surface area contributed by atoms with Gasteiger partial charge in [0, 0.05) is 0 Å². The molecular weight excluding hydrogens is 174 g/mol. The predicted molar refractivity (Wildman–Crippen MR) is 42.2 cm³/mol. The van der Waals surface area contributed by atoms with Crippen LogP contribution in [0.3, 0.4) is 0 Å². The number of nitrogens with zero attached hydrogens (tertiary/aromatic N) is 1. The molecule has 1 unspecified atom stereocenters. The summed E-state index contributed by atoms with van der Waals surface area (Å²) < 4.78 is 4.70. The van der Waals surface area contributed by atoms with Crippen molar-refractivity contribution < 1.29 is 19.4 Å². The number of amides is 1. The normalized spacial score (nSPS) is 24.3. The standard InChI is InChI=1S/C8H11NO4/c10-7(11)6(5-1-2-5)9-3-4-13-8(9)12/h5-6H,1-4H2,(H,10,11). The Hall–Kier alpha value is -1.26. The van der Waals surface area contributed by atoms with E-state index in [4.69, 9.17) is 9.84 Å². The Kier molecular flexibility index (Phi) is 1.86. The zero-order chi connectivity index (χ0) is 9.42. The van der Waals surface area contributed by atoms with E-state index in [1.165, 1.54) is 4.90 Å². The highest BCUT2D eigenvalue weighted by atomic mass is 16.6. The average Bonchev–Trinajstić information content (AvgIpc) is 2.78. The van der Waals surface area contributed by atoms with Crippen molar-refractivity contribution in [2.45, 2.75) is 18.9 Å². The van der Waals surface area contributed by atoms with Gasteiger partial charge in [0.05, 0.1) is 6.54 Å². The fourth-order valence-electron chi connectivity index (χ4n) is 1.66. The third-order valence-corrected chi connectivity index (χ3v) is 2.45. The first-order valence-corrected chi connectivity index (χ1v) is 4.36. The van der Waals surface area contributed by atoms with E-state index in [0.29, 0.717) is 13.2 Å². The van der Waals surface area contributed by atoms with Crippen molar-refractivity contribution in [1.29, 1.82) is 0 Å². The molecule has 2 fully saturated rings. The molecule has 1 saturated carbocycles. The van der Waals surface area contributed by atoms with Crippen LogP contribution in [-0.2, 0) is 9.53 Å². The summed E-state index contributed by atoms with van der Waals surface area (Å²) in [6.45, 7) is 0.724. The fourth-order valence-corrected chi connectivity index (χ4v) is 1.66. The van der Waals surface area contributed by atoms with Gasteiger partial charge in [-0.15, -0.1) is 0 Å². The number of ether oxygens (including phenoxy) is 1. The minimum absolute atomic E-state index is 0.142. The zero-order valence-electron chi connectivity index (χ0n) is 7.10. The average molecular weight is 185 g/mol. The second-order valence-corrected chi connectivity index (χ2v) is 3.43. The van der Waals surface area contributed by atoms with Gasteiger partial charge in [0.15, 0.2) is 0 Å². The van der Waals surface area contributed by atoms with Crippen LogP contribution >= 0.6 is 0 Å². The summed E-state index contributed by atoms with van der Waals surface area (Å²) in [6.07, 6.45) is 1.32. The lowest BCUT2D eigenvalue weighted by Crippen LogP contribution is -2.43. The van der Waals surface area contributed by atoms with E-state index in [-0.39, 0.29) is 5.92 Å². The molecule has 0 radical (unpaired) electrons. The second-order valence-electron chi connectivity index (χ2n) is 3.43. The molecule has 72 valence electrons. The van der Waals surface area contributed by atoms with Crippen molar-refractivity contribution in [2.24, 2.45) is 5.92 Å². The smallest absolute Gasteiger partial charge is 0.410 e.